The molecule has 31 heavy (non-hydrogen) atoms. The van der Waals surface area contributed by atoms with Gasteiger partial charge < -0.3 is 0 Å². The van der Waals surface area contributed by atoms with E-state index in [1.165, 1.54) is 12.1 Å². The smallest absolute Gasteiger partial charge is 0.191 e. The lowest BCUT2D eigenvalue weighted by atomic mass is 9.91. The van der Waals surface area contributed by atoms with Crippen LogP contribution in [0.2, 0.25) is 0 Å². The minimum atomic E-state index is -0.225. The van der Waals surface area contributed by atoms with Gasteiger partial charge in [0.2, 0.25) is 0 Å². The monoisotopic (exact) mass is 436 g/mol. The predicted octanol–water partition coefficient (Wildman–Crippen LogP) is 4.14. The molecule has 0 aliphatic carbocycles. The lowest BCUT2D eigenvalue weighted by molar-refractivity contribution is 0.410. The number of aryl methyl sites for hydroxylation is 1. The van der Waals surface area contributed by atoms with E-state index >= 15 is 0 Å². The third kappa shape index (κ3) is 4.15. The van der Waals surface area contributed by atoms with Gasteiger partial charge in [0.15, 0.2) is 16.6 Å². The number of thioether (sulfide) groups is 1. The average molecular weight is 437 g/mol. The molecule has 1 aliphatic rings. The highest BCUT2D eigenvalue weighted by atomic mass is 32.2. The summed E-state index contributed by atoms with van der Waals surface area (Å²) in [6, 6.07) is 15.5. The fraction of sp³-hybridized carbons (Fsp3) is 0.348. The third-order valence-corrected chi connectivity index (χ3v) is 7.00. The number of aromatic nitrogens is 4. The Hall–Kier alpha value is -2.55. The molecule has 0 radical (unpaired) electrons. The second kappa shape index (κ2) is 8.53. The molecule has 1 aliphatic heterocycles. The maximum Gasteiger partial charge on any atom is 0.191 e. The van der Waals surface area contributed by atoms with E-state index in [1.54, 1.807) is 23.9 Å². The zero-order chi connectivity index (χ0) is 21.4. The molecule has 2 aromatic carbocycles. The molecule has 8 heteroatoms. The van der Waals surface area contributed by atoms with Crippen molar-refractivity contribution in [3.05, 3.63) is 65.7 Å². The average Bonchev–Trinajstić information content (AvgIpc) is 3.35. The fourth-order valence-corrected chi connectivity index (χ4v) is 5.11. The zero-order valence-electron chi connectivity index (χ0n) is 17.5. The van der Waals surface area contributed by atoms with Crippen LogP contribution in [0.4, 0.5) is 4.39 Å². The predicted molar refractivity (Wildman–Crippen MR) is 121 cm³/mol. The van der Waals surface area contributed by atoms with E-state index in [0.29, 0.717) is 23.8 Å². The van der Waals surface area contributed by atoms with Crippen molar-refractivity contribution in [2.75, 3.05) is 0 Å². The van der Waals surface area contributed by atoms with Gasteiger partial charge in [-0.3, -0.25) is 10.9 Å². The highest BCUT2D eigenvalue weighted by Gasteiger charge is 2.29. The van der Waals surface area contributed by atoms with Gasteiger partial charge in [0.1, 0.15) is 5.82 Å². The van der Waals surface area contributed by atoms with Crippen molar-refractivity contribution < 1.29 is 4.39 Å². The van der Waals surface area contributed by atoms with Crippen LogP contribution in [0, 0.1) is 11.7 Å². The summed E-state index contributed by atoms with van der Waals surface area (Å²) < 4.78 is 15.1. The molecule has 0 bridgehead atoms. The van der Waals surface area contributed by atoms with Crippen molar-refractivity contribution in [1.29, 1.82) is 0 Å². The number of benzene rings is 2. The minimum Gasteiger partial charge on any atom is -0.254 e. The molecule has 1 fully saturated rings. The topological polar surface area (TPSA) is 67.1 Å². The van der Waals surface area contributed by atoms with Gasteiger partial charge in [0.25, 0.3) is 0 Å². The largest absolute Gasteiger partial charge is 0.254 e. The van der Waals surface area contributed by atoms with Crippen molar-refractivity contribution >= 4 is 28.3 Å². The molecule has 2 unspecified atom stereocenters. The standard InChI is InChI=1S/C23H25FN6S/c1-14-18(15(2)28-27-14)11-12-21-26-22-19-5-3-4-6-20(19)25-23(30(22)29-21)31-13-16-7-9-17(24)10-8-16/h3-10,14-15,18,27-28H,11-13H2,1-2H3. The van der Waals surface area contributed by atoms with Gasteiger partial charge in [0.05, 0.1) is 5.52 Å². The molecule has 1 saturated heterocycles. The van der Waals surface area contributed by atoms with Crippen molar-refractivity contribution in [3.63, 3.8) is 0 Å². The van der Waals surface area contributed by atoms with E-state index in [2.05, 4.69) is 24.7 Å². The molecule has 2 aromatic heterocycles. The summed E-state index contributed by atoms with van der Waals surface area (Å²) in [5, 5.41) is 6.61. The first kappa shape index (κ1) is 20.4. The molecule has 160 valence electrons. The molecule has 4 aromatic rings. The lowest BCUT2D eigenvalue weighted by Gasteiger charge is -2.16. The van der Waals surface area contributed by atoms with Gasteiger partial charge in [-0.15, -0.1) is 5.10 Å². The van der Waals surface area contributed by atoms with E-state index in [1.807, 2.05) is 28.8 Å². The summed E-state index contributed by atoms with van der Waals surface area (Å²) in [6.45, 7) is 4.42. The molecule has 2 atom stereocenters. The van der Waals surface area contributed by atoms with Crippen LogP contribution in [-0.4, -0.2) is 31.7 Å². The molecule has 0 saturated carbocycles. The van der Waals surface area contributed by atoms with Crippen molar-refractivity contribution in [2.45, 2.75) is 49.7 Å². The highest BCUT2D eigenvalue weighted by molar-refractivity contribution is 7.98. The summed E-state index contributed by atoms with van der Waals surface area (Å²) >= 11 is 1.59. The van der Waals surface area contributed by atoms with E-state index in [4.69, 9.17) is 15.1 Å². The number of hydrazine groups is 1. The van der Waals surface area contributed by atoms with Crippen LogP contribution in [0.15, 0.2) is 53.7 Å². The Morgan fingerprint density at radius 3 is 2.52 bits per heavy atom. The van der Waals surface area contributed by atoms with E-state index in [9.17, 15) is 4.39 Å². The summed E-state index contributed by atoms with van der Waals surface area (Å²) in [5.74, 6) is 1.84. The lowest BCUT2D eigenvalue weighted by Crippen LogP contribution is -2.30. The first-order valence-electron chi connectivity index (χ1n) is 10.6. The van der Waals surface area contributed by atoms with Crippen LogP contribution in [0.1, 0.15) is 31.7 Å². The van der Waals surface area contributed by atoms with Crippen molar-refractivity contribution in [1.82, 2.24) is 30.4 Å². The van der Waals surface area contributed by atoms with Gasteiger partial charge >= 0.3 is 0 Å². The second-order valence-electron chi connectivity index (χ2n) is 8.16. The van der Waals surface area contributed by atoms with Crippen LogP contribution in [0.5, 0.6) is 0 Å². The molecular weight excluding hydrogens is 411 g/mol. The first-order valence-corrected chi connectivity index (χ1v) is 11.6. The Morgan fingerprint density at radius 2 is 1.74 bits per heavy atom. The Labute approximate surface area is 184 Å². The molecule has 3 heterocycles. The Kier molecular flexibility index (Phi) is 5.60. The maximum absolute atomic E-state index is 13.2. The summed E-state index contributed by atoms with van der Waals surface area (Å²) in [5.41, 5.74) is 9.42. The van der Waals surface area contributed by atoms with E-state index in [-0.39, 0.29) is 5.82 Å². The number of halogens is 1. The Morgan fingerprint density at radius 1 is 1.00 bits per heavy atom. The number of rotatable bonds is 6. The van der Waals surface area contributed by atoms with Gasteiger partial charge in [-0.05, 0) is 56.0 Å². The molecule has 6 nitrogen and oxygen atoms in total. The van der Waals surface area contributed by atoms with Crippen LogP contribution < -0.4 is 10.9 Å². The molecule has 2 N–H and O–H groups in total. The normalized spacial score (nSPS) is 21.3. The van der Waals surface area contributed by atoms with Gasteiger partial charge in [0, 0.05) is 29.6 Å². The summed E-state index contributed by atoms with van der Waals surface area (Å²) in [4.78, 5) is 9.73. The first-order chi connectivity index (χ1) is 15.1. The third-order valence-electron chi connectivity index (χ3n) is 6.00. The number of para-hydroxylation sites is 1. The van der Waals surface area contributed by atoms with E-state index < -0.39 is 0 Å². The molecule has 0 spiro atoms. The van der Waals surface area contributed by atoms with E-state index in [0.717, 1.165) is 45.9 Å². The van der Waals surface area contributed by atoms with Crippen LogP contribution in [0.25, 0.3) is 16.6 Å². The summed E-state index contributed by atoms with van der Waals surface area (Å²) in [7, 11) is 0. The van der Waals surface area contributed by atoms with Crippen LogP contribution in [0.3, 0.4) is 0 Å². The highest BCUT2D eigenvalue weighted by Crippen LogP contribution is 2.27. The van der Waals surface area contributed by atoms with Crippen molar-refractivity contribution in [2.24, 2.45) is 5.92 Å². The number of hydrogen-bond donors (Lipinski definition) is 2. The van der Waals surface area contributed by atoms with Gasteiger partial charge in [-0.2, -0.15) is 4.52 Å². The molecule has 0 amide bonds. The Balaban J connectivity index is 1.45. The van der Waals surface area contributed by atoms with Crippen LogP contribution >= 0.6 is 11.8 Å². The Bertz CT molecular complexity index is 1200. The number of nitrogens with zero attached hydrogens (tertiary/aromatic N) is 4. The minimum absolute atomic E-state index is 0.225. The number of fused-ring (bicyclic) bond motifs is 3. The zero-order valence-corrected chi connectivity index (χ0v) is 18.4. The second-order valence-corrected chi connectivity index (χ2v) is 9.10. The molecule has 5 rings (SSSR count). The van der Waals surface area contributed by atoms with Gasteiger partial charge in [-0.25, -0.2) is 14.4 Å². The number of nitrogens with one attached hydrogen (secondary N) is 2. The quantitative estimate of drug-likeness (QED) is 0.350. The SMILES string of the molecule is CC1NNC(C)C1CCc1nc2c3ccccc3nc(SCc3ccc(F)cc3)n2n1. The molecular formula is C23H25FN6S. The fourth-order valence-electron chi connectivity index (χ4n) is 4.21. The van der Waals surface area contributed by atoms with Gasteiger partial charge in [-0.1, -0.05) is 36.0 Å². The van der Waals surface area contributed by atoms with Crippen LogP contribution in [-0.2, 0) is 12.2 Å². The van der Waals surface area contributed by atoms with Crippen molar-refractivity contribution in [3.8, 4) is 0 Å². The number of hydrogen-bond acceptors (Lipinski definition) is 6. The maximum atomic E-state index is 13.2. The summed E-state index contributed by atoms with van der Waals surface area (Å²) in [6.07, 6.45) is 1.84.